The zero-order chi connectivity index (χ0) is 13.4. The molecule has 1 unspecified atom stereocenters. The summed E-state index contributed by atoms with van der Waals surface area (Å²) in [5.41, 5.74) is 5.37. The highest BCUT2D eigenvalue weighted by Crippen LogP contribution is 2.16. The van der Waals surface area contributed by atoms with Crippen LogP contribution in [0.5, 0.6) is 0 Å². The van der Waals surface area contributed by atoms with Crippen molar-refractivity contribution in [3.05, 3.63) is 0 Å². The lowest BCUT2D eigenvalue weighted by atomic mass is 9.97. The maximum absolute atomic E-state index is 11.2. The average Bonchev–Trinajstić information content (AvgIpc) is 2.37. The summed E-state index contributed by atoms with van der Waals surface area (Å²) < 4.78 is 11.0. The first kappa shape index (κ1) is 15.4. The number of carbonyl (C=O) groups excluding carboxylic acids is 1. The monoisotopic (exact) mass is 258 g/mol. The number of hydrogen-bond acceptors (Lipinski definition) is 4. The smallest absolute Gasteiger partial charge is 0.221 e. The van der Waals surface area contributed by atoms with E-state index in [1.54, 1.807) is 0 Å². The lowest BCUT2D eigenvalue weighted by Gasteiger charge is -2.32. The van der Waals surface area contributed by atoms with Crippen LogP contribution in [0, 0.1) is 5.92 Å². The summed E-state index contributed by atoms with van der Waals surface area (Å²) in [5.74, 6) is -0.165. The number of nitrogens with zero attached hydrogens (tertiary/aromatic N) is 1. The van der Waals surface area contributed by atoms with Crippen molar-refractivity contribution in [3.63, 3.8) is 0 Å². The van der Waals surface area contributed by atoms with E-state index in [0.717, 1.165) is 38.9 Å². The Hall–Kier alpha value is -0.650. The van der Waals surface area contributed by atoms with Gasteiger partial charge in [-0.1, -0.05) is 0 Å². The van der Waals surface area contributed by atoms with Crippen LogP contribution in [0.4, 0.5) is 0 Å². The Morgan fingerprint density at radius 2 is 2.06 bits per heavy atom. The van der Waals surface area contributed by atoms with Crippen LogP contribution in [0.2, 0.25) is 0 Å². The Balaban J connectivity index is 2.30. The third-order valence-corrected chi connectivity index (χ3v) is 3.29. The van der Waals surface area contributed by atoms with E-state index < -0.39 is 0 Å². The number of ether oxygens (including phenoxy) is 2. The summed E-state index contributed by atoms with van der Waals surface area (Å²) in [6.07, 6.45) is 2.68. The van der Waals surface area contributed by atoms with Gasteiger partial charge in [0.25, 0.3) is 0 Å². The minimum atomic E-state index is -0.175. The molecule has 5 nitrogen and oxygen atoms in total. The molecule has 1 amide bonds. The normalized spacial score (nSPS) is 21.4. The van der Waals surface area contributed by atoms with Crippen LogP contribution in [0.1, 0.15) is 33.1 Å². The molecule has 5 heteroatoms. The molecule has 2 N–H and O–H groups in total. The Morgan fingerprint density at radius 1 is 1.39 bits per heavy atom. The Labute approximate surface area is 110 Å². The summed E-state index contributed by atoms with van der Waals surface area (Å²) in [4.78, 5) is 13.5. The van der Waals surface area contributed by atoms with Crippen molar-refractivity contribution in [1.82, 2.24) is 4.90 Å². The van der Waals surface area contributed by atoms with Crippen LogP contribution in [0.15, 0.2) is 0 Å². The van der Waals surface area contributed by atoms with Gasteiger partial charge in [0.05, 0.1) is 5.92 Å². The molecule has 1 saturated heterocycles. The third kappa shape index (κ3) is 5.33. The highest BCUT2D eigenvalue weighted by Gasteiger charge is 2.24. The lowest BCUT2D eigenvalue weighted by Crippen LogP contribution is -2.42. The van der Waals surface area contributed by atoms with E-state index in [1.165, 1.54) is 0 Å². The maximum atomic E-state index is 11.2. The number of nitrogens with two attached hydrogens (primary N) is 1. The Morgan fingerprint density at radius 3 is 2.61 bits per heavy atom. The molecule has 106 valence electrons. The molecule has 1 fully saturated rings. The van der Waals surface area contributed by atoms with Crippen LogP contribution in [-0.2, 0) is 14.3 Å². The van der Waals surface area contributed by atoms with Gasteiger partial charge in [0.2, 0.25) is 5.91 Å². The molecule has 1 aliphatic heterocycles. The van der Waals surface area contributed by atoms with E-state index in [-0.39, 0.29) is 18.1 Å². The molecule has 0 bridgehead atoms. The standard InChI is InChI=1S/C13H26N2O3/c1-3-17-12(18-4-2)7-9-15-8-5-6-11(10-15)13(14)16/h11-12H,3-10H2,1-2H3,(H2,14,16). The SMILES string of the molecule is CCOC(CCN1CCCC(C(N)=O)C1)OCC. The predicted molar refractivity (Wildman–Crippen MR) is 70.0 cm³/mol. The van der Waals surface area contributed by atoms with Gasteiger partial charge in [0.1, 0.15) is 0 Å². The van der Waals surface area contributed by atoms with Gasteiger partial charge in [-0.3, -0.25) is 4.79 Å². The maximum Gasteiger partial charge on any atom is 0.221 e. The minimum Gasteiger partial charge on any atom is -0.369 e. The van der Waals surface area contributed by atoms with Crippen LogP contribution in [0.25, 0.3) is 0 Å². The van der Waals surface area contributed by atoms with Gasteiger partial charge in [0.15, 0.2) is 6.29 Å². The molecule has 0 aliphatic carbocycles. The summed E-state index contributed by atoms with van der Waals surface area (Å²) in [5, 5.41) is 0. The number of carbonyl (C=O) groups is 1. The number of rotatable bonds is 8. The van der Waals surface area contributed by atoms with Gasteiger partial charge in [-0.25, -0.2) is 0 Å². The average molecular weight is 258 g/mol. The second kappa shape index (κ2) is 8.45. The first-order valence-corrected chi connectivity index (χ1v) is 6.92. The second-order valence-electron chi connectivity index (χ2n) is 4.67. The molecular formula is C13H26N2O3. The first-order chi connectivity index (χ1) is 8.67. The lowest BCUT2D eigenvalue weighted by molar-refractivity contribution is -0.142. The van der Waals surface area contributed by atoms with E-state index >= 15 is 0 Å². The quantitative estimate of drug-likeness (QED) is 0.659. The molecule has 1 aliphatic rings. The van der Waals surface area contributed by atoms with Gasteiger partial charge in [-0.2, -0.15) is 0 Å². The fourth-order valence-corrected chi connectivity index (χ4v) is 2.37. The van der Waals surface area contributed by atoms with Crippen LogP contribution < -0.4 is 5.73 Å². The van der Waals surface area contributed by atoms with Crippen molar-refractivity contribution in [2.75, 3.05) is 32.8 Å². The molecule has 1 atom stereocenters. The molecule has 1 heterocycles. The number of piperidine rings is 1. The van der Waals surface area contributed by atoms with Gasteiger partial charge < -0.3 is 20.1 Å². The fraction of sp³-hybridized carbons (Fsp3) is 0.923. The molecule has 0 radical (unpaired) electrons. The molecule has 0 aromatic carbocycles. The Bertz CT molecular complexity index is 242. The van der Waals surface area contributed by atoms with E-state index in [4.69, 9.17) is 15.2 Å². The summed E-state index contributed by atoms with van der Waals surface area (Å²) in [6, 6.07) is 0. The minimum absolute atomic E-state index is 0.0105. The summed E-state index contributed by atoms with van der Waals surface area (Å²) >= 11 is 0. The van der Waals surface area contributed by atoms with Crippen LogP contribution in [0.3, 0.4) is 0 Å². The molecule has 0 aromatic rings. The molecule has 0 aromatic heterocycles. The van der Waals surface area contributed by atoms with Crippen LogP contribution >= 0.6 is 0 Å². The van der Waals surface area contributed by atoms with Crippen molar-refractivity contribution in [3.8, 4) is 0 Å². The Kier molecular flexibility index (Phi) is 7.23. The molecular weight excluding hydrogens is 232 g/mol. The van der Waals surface area contributed by atoms with Crippen molar-refractivity contribution in [2.24, 2.45) is 11.7 Å². The zero-order valence-electron chi connectivity index (χ0n) is 11.6. The number of amides is 1. The van der Waals surface area contributed by atoms with Crippen molar-refractivity contribution in [2.45, 2.75) is 39.4 Å². The number of primary amides is 1. The van der Waals surface area contributed by atoms with E-state index in [0.29, 0.717) is 13.2 Å². The van der Waals surface area contributed by atoms with E-state index in [1.807, 2.05) is 13.8 Å². The van der Waals surface area contributed by atoms with Crippen molar-refractivity contribution >= 4 is 5.91 Å². The largest absolute Gasteiger partial charge is 0.369 e. The predicted octanol–water partition coefficient (Wildman–Crippen LogP) is 0.973. The van der Waals surface area contributed by atoms with E-state index in [9.17, 15) is 4.79 Å². The van der Waals surface area contributed by atoms with Crippen LogP contribution in [-0.4, -0.2) is 49.9 Å². The fourth-order valence-electron chi connectivity index (χ4n) is 2.37. The molecule has 0 saturated carbocycles. The molecule has 1 rings (SSSR count). The summed E-state index contributed by atoms with van der Waals surface area (Å²) in [6.45, 7) is 7.97. The van der Waals surface area contributed by atoms with Gasteiger partial charge in [-0.05, 0) is 33.2 Å². The first-order valence-electron chi connectivity index (χ1n) is 6.92. The summed E-state index contributed by atoms with van der Waals surface area (Å²) in [7, 11) is 0. The number of hydrogen-bond donors (Lipinski definition) is 1. The highest BCUT2D eigenvalue weighted by molar-refractivity contribution is 5.76. The second-order valence-corrected chi connectivity index (χ2v) is 4.67. The van der Waals surface area contributed by atoms with Gasteiger partial charge >= 0.3 is 0 Å². The van der Waals surface area contributed by atoms with Gasteiger partial charge in [-0.15, -0.1) is 0 Å². The highest BCUT2D eigenvalue weighted by atomic mass is 16.7. The molecule has 18 heavy (non-hydrogen) atoms. The third-order valence-electron chi connectivity index (χ3n) is 3.29. The van der Waals surface area contributed by atoms with Crippen molar-refractivity contribution < 1.29 is 14.3 Å². The topological polar surface area (TPSA) is 64.8 Å². The van der Waals surface area contributed by atoms with Gasteiger partial charge in [0, 0.05) is 32.7 Å². The molecule has 0 spiro atoms. The number of likely N-dealkylation sites (tertiary alicyclic amines) is 1. The van der Waals surface area contributed by atoms with E-state index in [2.05, 4.69) is 4.90 Å². The van der Waals surface area contributed by atoms with Crippen molar-refractivity contribution in [1.29, 1.82) is 0 Å². The zero-order valence-corrected chi connectivity index (χ0v) is 11.6.